The summed E-state index contributed by atoms with van der Waals surface area (Å²) in [6, 6.07) is 10.6. The van der Waals surface area contributed by atoms with Gasteiger partial charge in [-0.25, -0.2) is 14.2 Å². The standard InChI is InChI=1S/C18H19F2N3O/c1-3-23(4-2)14-10-8-13(9-11-14)18(24)22-21-12-15-16(19)6-5-7-17(15)20/h5-12H,3-4H2,1-2H3,(H,22,24)/b21-12-. The van der Waals surface area contributed by atoms with Crippen LogP contribution in [0, 0.1) is 11.6 Å². The molecule has 0 atom stereocenters. The van der Waals surface area contributed by atoms with Crippen molar-refractivity contribution in [3.8, 4) is 0 Å². The van der Waals surface area contributed by atoms with Gasteiger partial charge in [-0.2, -0.15) is 5.10 Å². The second kappa shape index (κ2) is 8.19. The third-order valence-corrected chi connectivity index (χ3v) is 3.62. The van der Waals surface area contributed by atoms with Gasteiger partial charge in [-0.15, -0.1) is 0 Å². The van der Waals surface area contributed by atoms with Crippen LogP contribution in [0.25, 0.3) is 0 Å². The highest BCUT2D eigenvalue weighted by atomic mass is 19.1. The molecule has 0 unspecified atom stereocenters. The Bertz CT molecular complexity index is 705. The number of hydrogen-bond acceptors (Lipinski definition) is 3. The van der Waals surface area contributed by atoms with Crippen molar-refractivity contribution in [2.24, 2.45) is 5.10 Å². The van der Waals surface area contributed by atoms with Crippen molar-refractivity contribution in [3.05, 3.63) is 65.2 Å². The molecule has 0 spiro atoms. The summed E-state index contributed by atoms with van der Waals surface area (Å²) in [4.78, 5) is 14.2. The molecule has 6 heteroatoms. The Labute approximate surface area is 139 Å². The van der Waals surface area contributed by atoms with Crippen LogP contribution >= 0.6 is 0 Å². The average molecular weight is 331 g/mol. The third-order valence-electron chi connectivity index (χ3n) is 3.62. The van der Waals surface area contributed by atoms with Crippen molar-refractivity contribution in [2.45, 2.75) is 13.8 Å². The Morgan fingerprint density at radius 1 is 1.08 bits per heavy atom. The number of nitrogens with zero attached hydrogens (tertiary/aromatic N) is 2. The van der Waals surface area contributed by atoms with Crippen LogP contribution in [0.15, 0.2) is 47.6 Å². The maximum absolute atomic E-state index is 13.4. The number of halogens is 2. The van der Waals surface area contributed by atoms with Gasteiger partial charge in [0.15, 0.2) is 0 Å². The van der Waals surface area contributed by atoms with E-state index in [0.29, 0.717) is 5.56 Å². The van der Waals surface area contributed by atoms with Crippen LogP contribution in [-0.2, 0) is 0 Å². The molecule has 0 saturated heterocycles. The van der Waals surface area contributed by atoms with Gasteiger partial charge in [0.05, 0.1) is 11.8 Å². The van der Waals surface area contributed by atoms with Gasteiger partial charge < -0.3 is 4.90 Å². The van der Waals surface area contributed by atoms with Crippen LogP contribution in [0.3, 0.4) is 0 Å². The summed E-state index contributed by atoms with van der Waals surface area (Å²) in [5, 5.41) is 3.61. The van der Waals surface area contributed by atoms with E-state index in [-0.39, 0.29) is 5.56 Å². The monoisotopic (exact) mass is 331 g/mol. The van der Waals surface area contributed by atoms with Crippen LogP contribution in [0.5, 0.6) is 0 Å². The molecule has 1 amide bonds. The van der Waals surface area contributed by atoms with Gasteiger partial charge in [-0.05, 0) is 50.2 Å². The molecule has 126 valence electrons. The average Bonchev–Trinajstić information content (AvgIpc) is 2.59. The predicted molar refractivity (Wildman–Crippen MR) is 91.4 cm³/mol. The first kappa shape index (κ1) is 17.6. The molecule has 24 heavy (non-hydrogen) atoms. The Hall–Kier alpha value is -2.76. The Balaban J connectivity index is 2.04. The molecule has 2 aromatic carbocycles. The summed E-state index contributed by atoms with van der Waals surface area (Å²) >= 11 is 0. The number of carbonyl (C=O) groups excluding carboxylic acids is 1. The topological polar surface area (TPSA) is 44.7 Å². The number of nitrogens with one attached hydrogen (secondary N) is 1. The highest BCUT2D eigenvalue weighted by Crippen LogP contribution is 2.15. The molecule has 0 aliphatic heterocycles. The second-order valence-corrected chi connectivity index (χ2v) is 5.05. The number of anilines is 1. The van der Waals surface area contributed by atoms with E-state index >= 15 is 0 Å². The molecule has 0 fully saturated rings. The lowest BCUT2D eigenvalue weighted by atomic mass is 10.2. The number of hydrazone groups is 1. The van der Waals surface area contributed by atoms with Gasteiger partial charge in [0.1, 0.15) is 11.6 Å². The number of amides is 1. The molecule has 2 rings (SSSR count). The number of hydrogen-bond donors (Lipinski definition) is 1. The minimum absolute atomic E-state index is 0.297. The molecule has 0 saturated carbocycles. The molecular weight excluding hydrogens is 312 g/mol. The lowest BCUT2D eigenvalue weighted by molar-refractivity contribution is 0.0955. The van der Waals surface area contributed by atoms with E-state index in [1.165, 1.54) is 6.07 Å². The number of rotatable bonds is 6. The van der Waals surface area contributed by atoms with E-state index in [2.05, 4.69) is 29.3 Å². The van der Waals surface area contributed by atoms with Gasteiger partial charge in [0.2, 0.25) is 0 Å². The fourth-order valence-electron chi connectivity index (χ4n) is 2.27. The molecular formula is C18H19F2N3O. The van der Waals surface area contributed by atoms with E-state index in [4.69, 9.17) is 0 Å². The first-order valence-electron chi connectivity index (χ1n) is 7.69. The zero-order valence-corrected chi connectivity index (χ0v) is 13.6. The zero-order chi connectivity index (χ0) is 17.5. The zero-order valence-electron chi connectivity index (χ0n) is 13.6. The molecule has 0 bridgehead atoms. The predicted octanol–water partition coefficient (Wildman–Crippen LogP) is 3.57. The molecule has 0 aromatic heterocycles. The van der Waals surface area contributed by atoms with Crippen molar-refractivity contribution >= 4 is 17.8 Å². The van der Waals surface area contributed by atoms with Crippen molar-refractivity contribution < 1.29 is 13.6 Å². The summed E-state index contributed by atoms with van der Waals surface area (Å²) in [5.41, 5.74) is 3.40. The van der Waals surface area contributed by atoms with Crippen LogP contribution in [0.1, 0.15) is 29.8 Å². The molecule has 0 heterocycles. The van der Waals surface area contributed by atoms with Gasteiger partial charge in [0, 0.05) is 24.3 Å². The maximum Gasteiger partial charge on any atom is 0.271 e. The van der Waals surface area contributed by atoms with E-state index in [0.717, 1.165) is 37.1 Å². The van der Waals surface area contributed by atoms with Crippen LogP contribution in [0.4, 0.5) is 14.5 Å². The molecule has 0 aliphatic carbocycles. The van der Waals surface area contributed by atoms with E-state index in [1.807, 2.05) is 12.1 Å². The highest BCUT2D eigenvalue weighted by Gasteiger charge is 2.08. The molecule has 2 aromatic rings. The van der Waals surface area contributed by atoms with Crippen molar-refractivity contribution in [1.82, 2.24) is 5.43 Å². The van der Waals surface area contributed by atoms with E-state index in [1.54, 1.807) is 12.1 Å². The Morgan fingerprint density at radius 3 is 2.21 bits per heavy atom. The van der Waals surface area contributed by atoms with E-state index in [9.17, 15) is 13.6 Å². The van der Waals surface area contributed by atoms with Crippen molar-refractivity contribution in [1.29, 1.82) is 0 Å². The second-order valence-electron chi connectivity index (χ2n) is 5.05. The van der Waals surface area contributed by atoms with Crippen LogP contribution in [-0.4, -0.2) is 25.2 Å². The van der Waals surface area contributed by atoms with Crippen molar-refractivity contribution in [3.63, 3.8) is 0 Å². The molecule has 0 aliphatic rings. The first-order valence-corrected chi connectivity index (χ1v) is 7.69. The minimum atomic E-state index is -0.739. The molecule has 0 radical (unpaired) electrons. The summed E-state index contributed by atoms with van der Waals surface area (Å²) in [6.07, 6.45) is 0.951. The summed E-state index contributed by atoms with van der Waals surface area (Å²) in [7, 11) is 0. The Morgan fingerprint density at radius 2 is 1.67 bits per heavy atom. The number of carbonyl (C=O) groups is 1. The largest absolute Gasteiger partial charge is 0.372 e. The van der Waals surface area contributed by atoms with E-state index < -0.39 is 17.5 Å². The third kappa shape index (κ3) is 4.16. The normalized spacial score (nSPS) is 10.8. The summed E-state index contributed by atoms with van der Waals surface area (Å²) in [5.74, 6) is -1.93. The first-order chi connectivity index (χ1) is 11.6. The fourth-order valence-corrected chi connectivity index (χ4v) is 2.27. The van der Waals surface area contributed by atoms with Gasteiger partial charge in [-0.3, -0.25) is 4.79 Å². The maximum atomic E-state index is 13.4. The quantitative estimate of drug-likeness (QED) is 0.649. The lowest BCUT2D eigenvalue weighted by Crippen LogP contribution is -2.22. The van der Waals surface area contributed by atoms with Crippen LogP contribution in [0.2, 0.25) is 0 Å². The lowest BCUT2D eigenvalue weighted by Gasteiger charge is -2.20. The van der Waals surface area contributed by atoms with Crippen LogP contribution < -0.4 is 10.3 Å². The number of benzene rings is 2. The van der Waals surface area contributed by atoms with Gasteiger partial charge in [0.25, 0.3) is 5.91 Å². The molecule has 4 nitrogen and oxygen atoms in total. The fraction of sp³-hybridized carbons (Fsp3) is 0.222. The van der Waals surface area contributed by atoms with Gasteiger partial charge in [-0.1, -0.05) is 6.07 Å². The SMILES string of the molecule is CCN(CC)c1ccc(C(=O)N/N=C\c2c(F)cccc2F)cc1. The Kier molecular flexibility index (Phi) is 6.01. The smallest absolute Gasteiger partial charge is 0.271 e. The van der Waals surface area contributed by atoms with Crippen molar-refractivity contribution in [2.75, 3.05) is 18.0 Å². The summed E-state index contributed by atoms with van der Waals surface area (Å²) < 4.78 is 26.9. The minimum Gasteiger partial charge on any atom is -0.372 e. The molecule has 1 N–H and O–H groups in total. The van der Waals surface area contributed by atoms with Gasteiger partial charge >= 0.3 is 0 Å². The highest BCUT2D eigenvalue weighted by molar-refractivity contribution is 5.95. The summed E-state index contributed by atoms with van der Waals surface area (Å²) in [6.45, 7) is 5.86.